The van der Waals surface area contributed by atoms with E-state index in [1.165, 1.54) is 12.1 Å². The minimum atomic E-state index is -4.24. The molecule has 0 aliphatic carbocycles. The summed E-state index contributed by atoms with van der Waals surface area (Å²) in [7, 11) is -4.24. The van der Waals surface area contributed by atoms with E-state index in [1.807, 2.05) is 0 Å². The first-order chi connectivity index (χ1) is 10.2. The molecule has 0 spiro atoms. The van der Waals surface area contributed by atoms with Crippen LogP contribution in [0, 0.1) is 18.6 Å². The molecule has 0 unspecified atom stereocenters. The third-order valence-corrected chi connectivity index (χ3v) is 4.23. The smallest absolute Gasteiger partial charge is 0.336 e. The van der Waals surface area contributed by atoms with Crippen LogP contribution in [-0.4, -0.2) is 19.5 Å². The Hall–Kier alpha value is -2.48. The zero-order valence-corrected chi connectivity index (χ0v) is 12.1. The Labute approximate surface area is 125 Å². The van der Waals surface area contributed by atoms with E-state index in [-0.39, 0.29) is 11.3 Å². The molecule has 0 atom stereocenters. The molecular formula is C14H11F2NO4S. The van der Waals surface area contributed by atoms with Crippen LogP contribution >= 0.6 is 0 Å². The second kappa shape index (κ2) is 5.72. The number of anilines is 1. The molecule has 8 heteroatoms. The van der Waals surface area contributed by atoms with Gasteiger partial charge in [0.2, 0.25) is 0 Å². The maximum absolute atomic E-state index is 13.1. The lowest BCUT2D eigenvalue weighted by atomic mass is 10.1. The van der Waals surface area contributed by atoms with Crippen LogP contribution in [0.4, 0.5) is 14.5 Å². The van der Waals surface area contributed by atoms with Crippen molar-refractivity contribution >= 4 is 21.7 Å². The lowest BCUT2D eigenvalue weighted by Crippen LogP contribution is -2.14. The molecule has 0 amide bonds. The molecule has 0 aliphatic rings. The van der Waals surface area contributed by atoms with Crippen molar-refractivity contribution in [2.75, 3.05) is 4.72 Å². The number of hydrogen-bond donors (Lipinski definition) is 2. The number of aromatic carboxylic acids is 1. The summed E-state index contributed by atoms with van der Waals surface area (Å²) in [5, 5.41) is 9.00. The van der Waals surface area contributed by atoms with Gasteiger partial charge in [0.05, 0.1) is 10.5 Å². The van der Waals surface area contributed by atoms with Gasteiger partial charge in [-0.25, -0.2) is 22.0 Å². The zero-order chi connectivity index (χ0) is 16.5. The van der Waals surface area contributed by atoms with Crippen molar-refractivity contribution in [1.29, 1.82) is 0 Å². The van der Waals surface area contributed by atoms with E-state index in [1.54, 1.807) is 6.92 Å². The molecule has 0 radical (unpaired) electrons. The Morgan fingerprint density at radius 1 is 1.09 bits per heavy atom. The molecule has 0 saturated carbocycles. The number of carboxylic acids is 1. The Bertz CT molecular complexity index is 830. The molecule has 2 rings (SSSR count). The van der Waals surface area contributed by atoms with Crippen LogP contribution in [0.25, 0.3) is 0 Å². The number of carboxylic acid groups (broad SMARTS) is 1. The average Bonchev–Trinajstić information content (AvgIpc) is 2.39. The SMILES string of the molecule is Cc1ccc(NS(=O)(=O)c2cc(F)cc(F)c2)cc1C(=O)O. The first-order valence-electron chi connectivity index (χ1n) is 6.02. The molecule has 116 valence electrons. The van der Waals surface area contributed by atoms with E-state index < -0.39 is 32.5 Å². The normalized spacial score (nSPS) is 11.2. The molecule has 0 aromatic heterocycles. The fraction of sp³-hybridized carbons (Fsp3) is 0.0714. The van der Waals surface area contributed by atoms with Gasteiger partial charge in [-0.3, -0.25) is 4.72 Å². The molecule has 2 aromatic carbocycles. The number of benzene rings is 2. The van der Waals surface area contributed by atoms with Crippen LogP contribution < -0.4 is 4.72 Å². The van der Waals surface area contributed by atoms with Crippen molar-refractivity contribution in [2.45, 2.75) is 11.8 Å². The molecule has 2 aromatic rings. The lowest BCUT2D eigenvalue weighted by Gasteiger charge is -2.10. The minimum Gasteiger partial charge on any atom is -0.478 e. The van der Waals surface area contributed by atoms with E-state index in [4.69, 9.17) is 5.11 Å². The van der Waals surface area contributed by atoms with Gasteiger partial charge in [0.15, 0.2) is 0 Å². The van der Waals surface area contributed by atoms with Crippen LogP contribution in [0.15, 0.2) is 41.3 Å². The fourth-order valence-electron chi connectivity index (χ4n) is 1.81. The number of rotatable bonds is 4. The molecule has 22 heavy (non-hydrogen) atoms. The number of carbonyl (C=O) groups is 1. The number of nitrogens with one attached hydrogen (secondary N) is 1. The highest BCUT2D eigenvalue weighted by atomic mass is 32.2. The van der Waals surface area contributed by atoms with Crippen molar-refractivity contribution in [3.63, 3.8) is 0 Å². The summed E-state index contributed by atoms with van der Waals surface area (Å²) in [6.45, 7) is 1.56. The number of hydrogen-bond acceptors (Lipinski definition) is 3. The molecule has 5 nitrogen and oxygen atoms in total. The van der Waals surface area contributed by atoms with Gasteiger partial charge >= 0.3 is 5.97 Å². The standard InChI is InChI=1S/C14H11F2NO4S/c1-8-2-3-11(7-13(8)14(18)19)17-22(20,21)12-5-9(15)4-10(16)6-12/h2-7,17H,1H3,(H,18,19). The van der Waals surface area contributed by atoms with Crippen LogP contribution in [0.3, 0.4) is 0 Å². The van der Waals surface area contributed by atoms with Crippen molar-refractivity contribution in [3.05, 3.63) is 59.2 Å². The van der Waals surface area contributed by atoms with Gasteiger partial charge in [0, 0.05) is 11.8 Å². The second-order valence-corrected chi connectivity index (χ2v) is 6.23. The van der Waals surface area contributed by atoms with Crippen molar-refractivity contribution < 1.29 is 27.1 Å². The monoisotopic (exact) mass is 327 g/mol. The molecule has 0 fully saturated rings. The van der Waals surface area contributed by atoms with Crippen molar-refractivity contribution in [2.24, 2.45) is 0 Å². The molecular weight excluding hydrogens is 316 g/mol. The van der Waals surface area contributed by atoms with Crippen LogP contribution in [-0.2, 0) is 10.0 Å². The van der Waals surface area contributed by atoms with Gasteiger partial charge in [-0.1, -0.05) is 6.07 Å². The Morgan fingerprint density at radius 3 is 2.23 bits per heavy atom. The van der Waals surface area contributed by atoms with Crippen LogP contribution in [0.5, 0.6) is 0 Å². The number of aryl methyl sites for hydroxylation is 1. The third kappa shape index (κ3) is 3.40. The highest BCUT2D eigenvalue weighted by molar-refractivity contribution is 7.92. The van der Waals surface area contributed by atoms with E-state index in [0.29, 0.717) is 23.8 Å². The zero-order valence-electron chi connectivity index (χ0n) is 11.3. The van der Waals surface area contributed by atoms with Gasteiger partial charge in [0.1, 0.15) is 11.6 Å². The van der Waals surface area contributed by atoms with Gasteiger partial charge in [-0.2, -0.15) is 0 Å². The van der Waals surface area contributed by atoms with E-state index in [0.717, 1.165) is 6.07 Å². The minimum absolute atomic E-state index is 0.0207. The summed E-state index contributed by atoms with van der Waals surface area (Å²) in [5.41, 5.74) is 0.352. The molecule has 0 aliphatic heterocycles. The highest BCUT2D eigenvalue weighted by Gasteiger charge is 2.18. The molecule has 0 bridgehead atoms. The molecule has 0 heterocycles. The van der Waals surface area contributed by atoms with E-state index >= 15 is 0 Å². The van der Waals surface area contributed by atoms with E-state index in [9.17, 15) is 22.0 Å². The van der Waals surface area contributed by atoms with Gasteiger partial charge < -0.3 is 5.11 Å². The van der Waals surface area contributed by atoms with E-state index in [2.05, 4.69) is 4.72 Å². The first-order valence-corrected chi connectivity index (χ1v) is 7.50. The summed E-state index contributed by atoms with van der Waals surface area (Å²) in [4.78, 5) is 10.4. The quantitative estimate of drug-likeness (QED) is 0.904. The first kappa shape index (κ1) is 15.9. The topological polar surface area (TPSA) is 83.5 Å². The van der Waals surface area contributed by atoms with Crippen LogP contribution in [0.1, 0.15) is 15.9 Å². The second-order valence-electron chi connectivity index (χ2n) is 4.55. The average molecular weight is 327 g/mol. The largest absolute Gasteiger partial charge is 0.478 e. The summed E-state index contributed by atoms with van der Waals surface area (Å²) in [5.74, 6) is -3.28. The summed E-state index contributed by atoms with van der Waals surface area (Å²) in [6.07, 6.45) is 0. The Balaban J connectivity index is 2.41. The van der Waals surface area contributed by atoms with Gasteiger partial charge in [-0.05, 0) is 36.8 Å². The van der Waals surface area contributed by atoms with Gasteiger partial charge in [-0.15, -0.1) is 0 Å². The third-order valence-electron chi connectivity index (χ3n) is 2.87. The highest BCUT2D eigenvalue weighted by Crippen LogP contribution is 2.20. The maximum atomic E-state index is 13.1. The summed E-state index contributed by atoms with van der Waals surface area (Å²) >= 11 is 0. The Morgan fingerprint density at radius 2 is 1.68 bits per heavy atom. The summed E-state index contributed by atoms with van der Waals surface area (Å²) in [6, 6.07) is 5.79. The van der Waals surface area contributed by atoms with Crippen LogP contribution in [0.2, 0.25) is 0 Å². The predicted molar refractivity (Wildman–Crippen MR) is 75.3 cm³/mol. The number of halogens is 2. The lowest BCUT2D eigenvalue weighted by molar-refractivity contribution is 0.0696. The molecule has 2 N–H and O–H groups in total. The van der Waals surface area contributed by atoms with Crippen molar-refractivity contribution in [1.82, 2.24) is 0 Å². The molecule has 0 saturated heterocycles. The maximum Gasteiger partial charge on any atom is 0.336 e. The summed E-state index contributed by atoms with van der Waals surface area (Å²) < 4.78 is 52.5. The predicted octanol–water partition coefficient (Wildman–Crippen LogP) is 2.77. The fourth-order valence-corrected chi connectivity index (χ4v) is 2.90. The Kier molecular flexibility index (Phi) is 4.14. The van der Waals surface area contributed by atoms with Gasteiger partial charge in [0.25, 0.3) is 10.0 Å². The van der Waals surface area contributed by atoms with Crippen molar-refractivity contribution in [3.8, 4) is 0 Å². The number of sulfonamides is 1.